The van der Waals surface area contributed by atoms with Gasteiger partial charge >= 0.3 is 0 Å². The molecule has 2 aromatic rings. The average molecular weight is 403 g/mol. The van der Waals surface area contributed by atoms with Crippen LogP contribution in [0.1, 0.15) is 69.1 Å². The van der Waals surface area contributed by atoms with Crippen LogP contribution in [0.3, 0.4) is 0 Å². The summed E-state index contributed by atoms with van der Waals surface area (Å²) in [6.45, 7) is 10.0. The molecular weight excluding hydrogens is 368 g/mol. The van der Waals surface area contributed by atoms with E-state index in [1.165, 1.54) is 50.1 Å². The Morgan fingerprint density at radius 2 is 1.89 bits per heavy atom. The van der Waals surface area contributed by atoms with E-state index in [4.69, 9.17) is 0 Å². The third-order valence-corrected chi connectivity index (χ3v) is 7.18. The lowest BCUT2D eigenvalue weighted by molar-refractivity contribution is 0.0469. The Balaban J connectivity index is 1.45. The smallest absolute Gasteiger partial charge is 0.168 e. The fourth-order valence-corrected chi connectivity index (χ4v) is 5.52. The van der Waals surface area contributed by atoms with Gasteiger partial charge in [-0.25, -0.2) is 4.68 Å². The van der Waals surface area contributed by atoms with E-state index in [1.807, 2.05) is 4.68 Å². The van der Waals surface area contributed by atoms with Crippen molar-refractivity contribution in [1.82, 2.24) is 30.0 Å². The van der Waals surface area contributed by atoms with Crippen molar-refractivity contribution >= 4 is 11.3 Å². The molecule has 0 amide bonds. The summed E-state index contributed by atoms with van der Waals surface area (Å²) < 4.78 is 2.02. The second-order valence-corrected chi connectivity index (χ2v) is 9.82. The van der Waals surface area contributed by atoms with Gasteiger partial charge in [-0.2, -0.15) is 0 Å². The van der Waals surface area contributed by atoms with E-state index in [2.05, 4.69) is 56.7 Å². The van der Waals surface area contributed by atoms with Crippen LogP contribution in [-0.4, -0.2) is 62.2 Å². The molecule has 1 saturated carbocycles. The van der Waals surface area contributed by atoms with Gasteiger partial charge in [0, 0.05) is 37.1 Å². The van der Waals surface area contributed by atoms with Gasteiger partial charge in [0.2, 0.25) is 0 Å². The lowest BCUT2D eigenvalue weighted by atomic mass is 9.93. The van der Waals surface area contributed by atoms with E-state index >= 15 is 0 Å². The Kier molecular flexibility index (Phi) is 6.75. The van der Waals surface area contributed by atoms with Crippen LogP contribution in [0, 0.1) is 5.92 Å². The number of rotatable bonds is 7. The lowest BCUT2D eigenvalue weighted by Crippen LogP contribution is -2.52. The summed E-state index contributed by atoms with van der Waals surface area (Å²) >= 11 is 1.77. The van der Waals surface area contributed by atoms with Crippen molar-refractivity contribution in [2.45, 2.75) is 71.0 Å². The molecular formula is C21H34N6S. The van der Waals surface area contributed by atoms with Crippen molar-refractivity contribution in [2.24, 2.45) is 5.92 Å². The SMILES string of the molecule is CC(C)C[C@H](c1nnnn1Cc1cccs1)N1CCN(C2CCCCC2)CC1. The highest BCUT2D eigenvalue weighted by molar-refractivity contribution is 7.09. The maximum Gasteiger partial charge on any atom is 0.168 e. The molecule has 0 radical (unpaired) electrons. The molecule has 28 heavy (non-hydrogen) atoms. The van der Waals surface area contributed by atoms with E-state index in [0.717, 1.165) is 37.9 Å². The number of hydrogen-bond acceptors (Lipinski definition) is 6. The highest BCUT2D eigenvalue weighted by Crippen LogP contribution is 2.30. The van der Waals surface area contributed by atoms with Gasteiger partial charge < -0.3 is 0 Å². The number of aromatic nitrogens is 4. The Morgan fingerprint density at radius 3 is 2.57 bits per heavy atom. The normalized spacial score (nSPS) is 21.4. The molecule has 1 aliphatic carbocycles. The van der Waals surface area contributed by atoms with Gasteiger partial charge in [0.25, 0.3) is 0 Å². The summed E-state index contributed by atoms with van der Waals surface area (Å²) in [6.07, 6.45) is 8.16. The van der Waals surface area contributed by atoms with Crippen LogP contribution in [0.25, 0.3) is 0 Å². The van der Waals surface area contributed by atoms with Gasteiger partial charge in [0.05, 0.1) is 12.6 Å². The summed E-state index contributed by atoms with van der Waals surface area (Å²) in [5, 5.41) is 15.0. The van der Waals surface area contributed by atoms with Crippen LogP contribution < -0.4 is 0 Å². The third kappa shape index (κ3) is 4.81. The van der Waals surface area contributed by atoms with Gasteiger partial charge in [-0.15, -0.1) is 16.4 Å². The molecule has 1 saturated heterocycles. The molecule has 7 heteroatoms. The summed E-state index contributed by atoms with van der Waals surface area (Å²) in [6, 6.07) is 5.39. The standard InChI is InChI=1S/C21H34N6S/c1-17(2)15-20(21-22-23-24-27(21)16-19-9-6-14-28-19)26-12-10-25(11-13-26)18-7-4-3-5-8-18/h6,9,14,17-18,20H,3-5,7-8,10-13,15-16H2,1-2H3/t20-/m1/s1. The van der Waals surface area contributed by atoms with Gasteiger partial charge in [-0.3, -0.25) is 9.80 Å². The molecule has 0 aromatic carbocycles. The Bertz CT molecular complexity index is 698. The summed E-state index contributed by atoms with van der Waals surface area (Å²) in [5.41, 5.74) is 0. The quantitative estimate of drug-likeness (QED) is 0.705. The Hall–Kier alpha value is -1.31. The van der Waals surface area contributed by atoms with Crippen molar-refractivity contribution in [3.8, 4) is 0 Å². The average Bonchev–Trinajstić information content (AvgIpc) is 3.39. The first-order valence-electron chi connectivity index (χ1n) is 11.0. The molecule has 0 spiro atoms. The van der Waals surface area contributed by atoms with Crippen LogP contribution >= 0.6 is 11.3 Å². The predicted octanol–water partition coefficient (Wildman–Crippen LogP) is 3.82. The largest absolute Gasteiger partial charge is 0.298 e. The summed E-state index contributed by atoms with van der Waals surface area (Å²) in [5.74, 6) is 1.65. The van der Waals surface area contributed by atoms with Crippen LogP contribution in [0.4, 0.5) is 0 Å². The minimum atomic E-state index is 0.309. The number of tetrazole rings is 1. The van der Waals surface area contributed by atoms with Crippen LogP contribution in [0.5, 0.6) is 0 Å². The first-order chi connectivity index (χ1) is 13.7. The van der Waals surface area contributed by atoms with E-state index in [0.29, 0.717) is 12.0 Å². The highest BCUT2D eigenvalue weighted by Gasteiger charge is 2.32. The van der Waals surface area contributed by atoms with Gasteiger partial charge in [0.1, 0.15) is 0 Å². The molecule has 154 valence electrons. The van der Waals surface area contributed by atoms with Crippen molar-refractivity contribution in [1.29, 1.82) is 0 Å². The van der Waals surface area contributed by atoms with Gasteiger partial charge in [0.15, 0.2) is 5.82 Å². The predicted molar refractivity (Wildman–Crippen MR) is 113 cm³/mol. The number of hydrogen-bond donors (Lipinski definition) is 0. The molecule has 0 N–H and O–H groups in total. The molecule has 1 aliphatic heterocycles. The van der Waals surface area contributed by atoms with Crippen molar-refractivity contribution in [2.75, 3.05) is 26.2 Å². The highest BCUT2D eigenvalue weighted by atomic mass is 32.1. The summed E-state index contributed by atoms with van der Waals surface area (Å²) in [4.78, 5) is 6.69. The Labute approximate surface area is 172 Å². The number of thiophene rings is 1. The molecule has 3 heterocycles. The molecule has 4 rings (SSSR count). The van der Waals surface area contributed by atoms with Crippen LogP contribution in [0.15, 0.2) is 17.5 Å². The number of nitrogens with zero attached hydrogens (tertiary/aromatic N) is 6. The third-order valence-electron chi connectivity index (χ3n) is 6.32. The maximum atomic E-state index is 4.49. The Morgan fingerprint density at radius 1 is 1.11 bits per heavy atom. The number of piperazine rings is 1. The monoisotopic (exact) mass is 402 g/mol. The van der Waals surface area contributed by atoms with Crippen molar-refractivity contribution in [3.63, 3.8) is 0 Å². The first kappa shape index (κ1) is 20.0. The molecule has 0 unspecified atom stereocenters. The topological polar surface area (TPSA) is 50.1 Å². The van der Waals surface area contributed by atoms with E-state index < -0.39 is 0 Å². The first-order valence-corrected chi connectivity index (χ1v) is 11.8. The van der Waals surface area contributed by atoms with Gasteiger partial charge in [-0.1, -0.05) is 39.2 Å². The molecule has 0 bridgehead atoms. The fourth-order valence-electron chi connectivity index (χ4n) is 4.84. The fraction of sp³-hybridized carbons (Fsp3) is 0.762. The molecule has 6 nitrogen and oxygen atoms in total. The second kappa shape index (κ2) is 9.46. The van der Waals surface area contributed by atoms with Gasteiger partial charge in [-0.05, 0) is 47.1 Å². The van der Waals surface area contributed by atoms with E-state index in [9.17, 15) is 0 Å². The molecule has 2 fully saturated rings. The van der Waals surface area contributed by atoms with Crippen LogP contribution in [-0.2, 0) is 6.54 Å². The van der Waals surface area contributed by atoms with E-state index in [-0.39, 0.29) is 0 Å². The molecule has 2 aliphatic rings. The van der Waals surface area contributed by atoms with E-state index in [1.54, 1.807) is 11.3 Å². The zero-order chi connectivity index (χ0) is 19.3. The van der Waals surface area contributed by atoms with Crippen LogP contribution in [0.2, 0.25) is 0 Å². The van der Waals surface area contributed by atoms with Crippen molar-refractivity contribution < 1.29 is 0 Å². The summed E-state index contributed by atoms with van der Waals surface area (Å²) in [7, 11) is 0. The van der Waals surface area contributed by atoms with Crippen molar-refractivity contribution in [3.05, 3.63) is 28.2 Å². The minimum Gasteiger partial charge on any atom is -0.298 e. The minimum absolute atomic E-state index is 0.309. The maximum absolute atomic E-state index is 4.49. The molecule has 1 atom stereocenters. The zero-order valence-corrected chi connectivity index (χ0v) is 18.2. The second-order valence-electron chi connectivity index (χ2n) is 8.78. The molecule has 2 aromatic heterocycles. The zero-order valence-electron chi connectivity index (χ0n) is 17.3. The lowest BCUT2D eigenvalue weighted by Gasteiger charge is -2.43.